The van der Waals surface area contributed by atoms with Gasteiger partial charge in [-0.1, -0.05) is 18.2 Å². The van der Waals surface area contributed by atoms with Crippen LogP contribution in [0.15, 0.2) is 24.3 Å². The molecule has 4 bridgehead atoms. The molecule has 4 saturated carbocycles. The van der Waals surface area contributed by atoms with Crippen molar-refractivity contribution in [3.05, 3.63) is 29.8 Å². The quantitative estimate of drug-likeness (QED) is 0.652. The molecule has 3 N–H and O–H groups in total. The highest BCUT2D eigenvalue weighted by Crippen LogP contribution is 2.59. The standard InChI is InChI=1S/C24H30F3N3O4/c25-24(26,27)34-19-4-2-1-3-15(19)12-30-5-6-33-13-18(30)21(31)29-20-16-7-14-8-17(20)11-23(9-14,10-16)22(28)32/h1-4,14,16-18,20H,5-13H2,(H2,28,32)(H,29,31). The summed E-state index contributed by atoms with van der Waals surface area (Å²) in [5.74, 6) is 0.266. The molecule has 5 aliphatic rings. The van der Waals surface area contributed by atoms with Gasteiger partial charge in [0.2, 0.25) is 11.8 Å². The first kappa shape index (κ1) is 23.4. The van der Waals surface area contributed by atoms with Crippen molar-refractivity contribution in [2.75, 3.05) is 19.8 Å². The number of hydrogen-bond donors (Lipinski definition) is 2. The number of benzene rings is 1. The maximum Gasteiger partial charge on any atom is 0.573 e. The highest BCUT2D eigenvalue weighted by Gasteiger charge is 2.58. The van der Waals surface area contributed by atoms with Crippen molar-refractivity contribution in [2.45, 2.75) is 57.1 Å². The van der Waals surface area contributed by atoms with Crippen LogP contribution in [0.1, 0.15) is 37.7 Å². The summed E-state index contributed by atoms with van der Waals surface area (Å²) < 4.78 is 48.3. The molecule has 1 aliphatic heterocycles. The average molecular weight is 482 g/mol. The Morgan fingerprint density at radius 2 is 1.88 bits per heavy atom. The molecular formula is C24H30F3N3O4. The molecule has 0 spiro atoms. The van der Waals surface area contributed by atoms with E-state index < -0.39 is 17.8 Å². The van der Waals surface area contributed by atoms with Crippen LogP contribution in [-0.2, 0) is 20.9 Å². The fourth-order valence-corrected chi connectivity index (χ4v) is 6.97. The third-order valence-electron chi connectivity index (χ3n) is 8.22. The van der Waals surface area contributed by atoms with Gasteiger partial charge in [0.1, 0.15) is 11.8 Å². The van der Waals surface area contributed by atoms with Crippen molar-refractivity contribution in [1.29, 1.82) is 0 Å². The van der Waals surface area contributed by atoms with Gasteiger partial charge in [0.25, 0.3) is 0 Å². The van der Waals surface area contributed by atoms with Crippen molar-refractivity contribution in [1.82, 2.24) is 10.2 Å². The van der Waals surface area contributed by atoms with E-state index in [-0.39, 0.29) is 48.6 Å². The second-order valence-electron chi connectivity index (χ2n) is 10.4. The molecule has 3 unspecified atom stereocenters. The third-order valence-corrected chi connectivity index (χ3v) is 8.22. The Balaban J connectivity index is 1.28. The maximum atomic E-state index is 13.4. The predicted molar refractivity (Wildman–Crippen MR) is 115 cm³/mol. The zero-order valence-electron chi connectivity index (χ0n) is 18.9. The average Bonchev–Trinajstić information content (AvgIpc) is 2.76. The summed E-state index contributed by atoms with van der Waals surface area (Å²) in [5.41, 5.74) is 5.70. The smallest absolute Gasteiger partial charge is 0.405 e. The fourth-order valence-electron chi connectivity index (χ4n) is 6.97. The number of nitrogens with one attached hydrogen (secondary N) is 1. The number of primary amides is 1. The van der Waals surface area contributed by atoms with Crippen molar-refractivity contribution < 1.29 is 32.2 Å². The summed E-state index contributed by atoms with van der Waals surface area (Å²) in [6.07, 6.45) is -0.521. The lowest BCUT2D eigenvalue weighted by Gasteiger charge is -2.59. The largest absolute Gasteiger partial charge is 0.573 e. The summed E-state index contributed by atoms with van der Waals surface area (Å²) >= 11 is 0. The highest BCUT2D eigenvalue weighted by molar-refractivity contribution is 5.83. The van der Waals surface area contributed by atoms with E-state index in [0.29, 0.717) is 37.5 Å². The number of para-hydroxylation sites is 1. The van der Waals surface area contributed by atoms with E-state index in [0.717, 1.165) is 19.3 Å². The van der Waals surface area contributed by atoms with Crippen LogP contribution in [0.4, 0.5) is 13.2 Å². The number of nitrogens with two attached hydrogens (primary N) is 1. The van der Waals surface area contributed by atoms with Crippen LogP contribution in [0.25, 0.3) is 0 Å². The molecule has 10 heteroatoms. The molecule has 1 aromatic carbocycles. The Bertz CT molecular complexity index is 940. The van der Waals surface area contributed by atoms with Gasteiger partial charge in [0.15, 0.2) is 0 Å². The second kappa shape index (κ2) is 8.71. The molecule has 5 fully saturated rings. The zero-order valence-corrected chi connectivity index (χ0v) is 18.9. The zero-order chi connectivity index (χ0) is 24.1. The number of amides is 2. The first-order valence-electron chi connectivity index (χ1n) is 11.9. The number of ether oxygens (including phenoxy) is 2. The molecule has 0 radical (unpaired) electrons. The van der Waals surface area contributed by atoms with Gasteiger partial charge in [-0.05, 0) is 55.9 Å². The van der Waals surface area contributed by atoms with Crippen molar-refractivity contribution in [3.63, 3.8) is 0 Å². The summed E-state index contributed by atoms with van der Waals surface area (Å²) in [4.78, 5) is 27.4. The van der Waals surface area contributed by atoms with E-state index in [1.54, 1.807) is 12.1 Å². The molecule has 1 heterocycles. The first-order valence-corrected chi connectivity index (χ1v) is 11.9. The molecule has 4 aliphatic carbocycles. The number of carbonyl (C=O) groups is 2. The van der Waals surface area contributed by atoms with E-state index in [9.17, 15) is 22.8 Å². The lowest BCUT2D eigenvalue weighted by Crippen LogP contribution is -2.64. The number of halogens is 3. The van der Waals surface area contributed by atoms with Crippen molar-refractivity contribution in [3.8, 4) is 5.75 Å². The third kappa shape index (κ3) is 4.49. The number of alkyl halides is 3. The normalized spacial score (nSPS) is 35.2. The van der Waals surface area contributed by atoms with Crippen LogP contribution < -0.4 is 15.8 Å². The number of hydrogen-bond acceptors (Lipinski definition) is 5. The van der Waals surface area contributed by atoms with E-state index >= 15 is 0 Å². The molecule has 7 nitrogen and oxygen atoms in total. The fraction of sp³-hybridized carbons (Fsp3) is 0.667. The van der Waals surface area contributed by atoms with Crippen LogP contribution in [0, 0.1) is 23.2 Å². The molecule has 6 rings (SSSR count). The number of morpholine rings is 1. The molecule has 3 atom stereocenters. The minimum Gasteiger partial charge on any atom is -0.405 e. The van der Waals surface area contributed by atoms with Crippen LogP contribution in [-0.4, -0.2) is 54.9 Å². The molecule has 2 amide bonds. The number of carbonyl (C=O) groups excluding carboxylic acids is 2. The molecule has 34 heavy (non-hydrogen) atoms. The Hall–Kier alpha value is -2.33. The maximum absolute atomic E-state index is 13.4. The van der Waals surface area contributed by atoms with Gasteiger partial charge in [0.05, 0.1) is 13.2 Å². The Kier molecular flexibility index (Phi) is 6.00. The van der Waals surface area contributed by atoms with Crippen LogP contribution in [0.3, 0.4) is 0 Å². The topological polar surface area (TPSA) is 93.9 Å². The SMILES string of the molecule is NC(=O)C12CC3CC(C1)C(NC(=O)C1COCCN1Cc1ccccc1OC(F)(F)F)C(C3)C2. The number of nitrogens with zero attached hydrogens (tertiary/aromatic N) is 1. The van der Waals surface area contributed by atoms with Gasteiger partial charge < -0.3 is 20.5 Å². The summed E-state index contributed by atoms with van der Waals surface area (Å²) in [5, 5.41) is 3.23. The Morgan fingerprint density at radius 1 is 1.18 bits per heavy atom. The van der Waals surface area contributed by atoms with Gasteiger partial charge in [0, 0.05) is 30.1 Å². The minimum absolute atomic E-state index is 0.0128. The van der Waals surface area contributed by atoms with E-state index in [1.807, 2.05) is 4.90 Å². The van der Waals surface area contributed by atoms with E-state index in [4.69, 9.17) is 10.5 Å². The summed E-state index contributed by atoms with van der Waals surface area (Å²) in [6, 6.07) is 5.36. The van der Waals surface area contributed by atoms with Gasteiger partial charge in [-0.25, -0.2) is 0 Å². The van der Waals surface area contributed by atoms with Crippen molar-refractivity contribution in [2.24, 2.45) is 28.9 Å². The lowest BCUT2D eigenvalue weighted by molar-refractivity contribution is -0.275. The summed E-state index contributed by atoms with van der Waals surface area (Å²) in [7, 11) is 0. The van der Waals surface area contributed by atoms with Crippen LogP contribution in [0.5, 0.6) is 5.75 Å². The summed E-state index contributed by atoms with van der Waals surface area (Å²) in [6.45, 7) is 1.12. The van der Waals surface area contributed by atoms with E-state index in [2.05, 4.69) is 10.1 Å². The monoisotopic (exact) mass is 481 g/mol. The first-order chi connectivity index (χ1) is 16.1. The van der Waals surface area contributed by atoms with Crippen LogP contribution in [0.2, 0.25) is 0 Å². The highest BCUT2D eigenvalue weighted by atomic mass is 19.4. The Labute approximate surface area is 196 Å². The van der Waals surface area contributed by atoms with Crippen LogP contribution >= 0.6 is 0 Å². The predicted octanol–water partition coefficient (Wildman–Crippen LogP) is 2.58. The van der Waals surface area contributed by atoms with Gasteiger partial charge >= 0.3 is 6.36 Å². The number of rotatable bonds is 6. The van der Waals surface area contributed by atoms with Gasteiger partial charge in [-0.2, -0.15) is 0 Å². The molecular weight excluding hydrogens is 451 g/mol. The molecule has 186 valence electrons. The second-order valence-corrected chi connectivity index (χ2v) is 10.4. The molecule has 1 saturated heterocycles. The van der Waals surface area contributed by atoms with Crippen molar-refractivity contribution >= 4 is 11.8 Å². The molecule has 0 aromatic heterocycles. The van der Waals surface area contributed by atoms with E-state index in [1.165, 1.54) is 12.1 Å². The lowest BCUT2D eigenvalue weighted by atomic mass is 9.47. The van der Waals surface area contributed by atoms with Gasteiger partial charge in [-0.15, -0.1) is 13.2 Å². The minimum atomic E-state index is -4.79. The molecule has 1 aromatic rings. The van der Waals surface area contributed by atoms with Gasteiger partial charge in [-0.3, -0.25) is 14.5 Å². The Morgan fingerprint density at radius 3 is 2.56 bits per heavy atom.